The number of ether oxygens (including phenoxy) is 1. The van der Waals surface area contributed by atoms with Crippen LogP contribution in [0, 0.1) is 5.92 Å². The molecule has 3 nitrogen and oxygen atoms in total. The molecule has 102 valence electrons. The van der Waals surface area contributed by atoms with Crippen molar-refractivity contribution in [3.63, 3.8) is 0 Å². The van der Waals surface area contributed by atoms with Gasteiger partial charge in [-0.15, -0.1) is 0 Å². The molecule has 1 unspecified atom stereocenters. The summed E-state index contributed by atoms with van der Waals surface area (Å²) in [5, 5.41) is 3.15. The van der Waals surface area contributed by atoms with Gasteiger partial charge in [-0.1, -0.05) is 25.1 Å². The maximum atomic E-state index is 12.2. The van der Waals surface area contributed by atoms with E-state index in [1.165, 1.54) is 12.8 Å². The number of hydrogen-bond donors (Lipinski definition) is 1. The van der Waals surface area contributed by atoms with Gasteiger partial charge in [-0.2, -0.15) is 0 Å². The first kappa shape index (κ1) is 12.5. The fourth-order valence-electron chi connectivity index (χ4n) is 3.03. The lowest BCUT2D eigenvalue weighted by Crippen LogP contribution is -2.44. The number of carbonyl (C=O) groups is 1. The summed E-state index contributed by atoms with van der Waals surface area (Å²) in [7, 11) is 0. The molecule has 1 heterocycles. The summed E-state index contributed by atoms with van der Waals surface area (Å²) in [6, 6.07) is 8.25. The molecule has 0 saturated heterocycles. The largest absolute Gasteiger partial charge is 0.480 e. The Hall–Kier alpha value is -1.51. The Morgan fingerprint density at radius 3 is 2.68 bits per heavy atom. The molecule has 0 bridgehead atoms. The summed E-state index contributed by atoms with van der Waals surface area (Å²) in [5.74, 6) is 1.72. The molecule has 1 aromatic rings. The van der Waals surface area contributed by atoms with Gasteiger partial charge >= 0.3 is 0 Å². The fraction of sp³-hybridized carbons (Fsp3) is 0.562. The van der Waals surface area contributed by atoms with Crippen molar-refractivity contribution in [1.82, 2.24) is 5.32 Å². The van der Waals surface area contributed by atoms with Gasteiger partial charge in [0.2, 0.25) is 0 Å². The number of fused-ring (bicyclic) bond motifs is 1. The predicted molar refractivity (Wildman–Crippen MR) is 74.1 cm³/mol. The van der Waals surface area contributed by atoms with Gasteiger partial charge in [0.05, 0.1) is 0 Å². The Morgan fingerprint density at radius 2 is 1.95 bits per heavy atom. The van der Waals surface area contributed by atoms with Crippen molar-refractivity contribution in [3.8, 4) is 5.75 Å². The van der Waals surface area contributed by atoms with Crippen LogP contribution < -0.4 is 10.1 Å². The third-order valence-electron chi connectivity index (χ3n) is 4.30. The van der Waals surface area contributed by atoms with Crippen molar-refractivity contribution >= 4 is 5.91 Å². The Balaban J connectivity index is 1.55. The zero-order valence-corrected chi connectivity index (χ0v) is 11.4. The SMILES string of the molecule is CC1CCC(NC(=O)C2Cc3ccccc3O2)CC1. The minimum Gasteiger partial charge on any atom is -0.480 e. The highest BCUT2D eigenvalue weighted by Gasteiger charge is 2.30. The zero-order valence-electron chi connectivity index (χ0n) is 11.4. The lowest BCUT2D eigenvalue weighted by molar-refractivity contribution is -0.128. The average Bonchev–Trinajstić information content (AvgIpc) is 2.85. The maximum absolute atomic E-state index is 12.2. The van der Waals surface area contributed by atoms with Crippen LogP contribution in [0.3, 0.4) is 0 Å². The number of carbonyl (C=O) groups excluding carboxylic acids is 1. The van der Waals surface area contributed by atoms with Gasteiger partial charge in [0, 0.05) is 12.5 Å². The second-order valence-electron chi connectivity index (χ2n) is 5.88. The van der Waals surface area contributed by atoms with E-state index < -0.39 is 0 Å². The highest BCUT2D eigenvalue weighted by Crippen LogP contribution is 2.29. The summed E-state index contributed by atoms with van der Waals surface area (Å²) in [5.41, 5.74) is 1.14. The molecule has 19 heavy (non-hydrogen) atoms. The van der Waals surface area contributed by atoms with Crippen LogP contribution >= 0.6 is 0 Å². The molecule has 1 saturated carbocycles. The van der Waals surface area contributed by atoms with Crippen LogP contribution in [0.1, 0.15) is 38.2 Å². The summed E-state index contributed by atoms with van der Waals surface area (Å²) in [6.07, 6.45) is 5.01. The van der Waals surface area contributed by atoms with Crippen LogP contribution in [-0.2, 0) is 11.2 Å². The van der Waals surface area contributed by atoms with E-state index in [-0.39, 0.29) is 12.0 Å². The van der Waals surface area contributed by atoms with E-state index >= 15 is 0 Å². The molecule has 0 spiro atoms. The third kappa shape index (κ3) is 2.75. The van der Waals surface area contributed by atoms with Crippen LogP contribution in [0.5, 0.6) is 5.75 Å². The lowest BCUT2D eigenvalue weighted by atomic mass is 9.87. The summed E-state index contributed by atoms with van der Waals surface area (Å²) in [6.45, 7) is 2.29. The number of nitrogens with one attached hydrogen (secondary N) is 1. The molecule has 1 aliphatic carbocycles. The van der Waals surface area contributed by atoms with Crippen molar-refractivity contribution in [2.45, 2.75) is 51.2 Å². The molecule has 0 aromatic heterocycles. The first-order valence-electron chi connectivity index (χ1n) is 7.27. The number of amides is 1. The van der Waals surface area contributed by atoms with Gasteiger partial charge in [-0.3, -0.25) is 4.79 Å². The average molecular weight is 259 g/mol. The van der Waals surface area contributed by atoms with Crippen molar-refractivity contribution < 1.29 is 9.53 Å². The summed E-state index contributed by atoms with van der Waals surface area (Å²) >= 11 is 0. The Labute approximate surface area is 114 Å². The fourth-order valence-corrected chi connectivity index (χ4v) is 3.03. The van der Waals surface area contributed by atoms with Gasteiger partial charge in [0.25, 0.3) is 5.91 Å². The second-order valence-corrected chi connectivity index (χ2v) is 5.88. The molecule has 1 aromatic carbocycles. The lowest BCUT2D eigenvalue weighted by Gasteiger charge is -2.27. The van der Waals surface area contributed by atoms with Gasteiger partial charge in [-0.25, -0.2) is 0 Å². The topological polar surface area (TPSA) is 38.3 Å². The molecular formula is C16H21NO2. The minimum absolute atomic E-state index is 0.0516. The highest BCUT2D eigenvalue weighted by atomic mass is 16.5. The molecule has 0 radical (unpaired) electrons. The van der Waals surface area contributed by atoms with E-state index in [0.29, 0.717) is 12.5 Å². The van der Waals surface area contributed by atoms with E-state index in [9.17, 15) is 4.79 Å². The van der Waals surface area contributed by atoms with Crippen molar-refractivity contribution in [2.75, 3.05) is 0 Å². The number of para-hydroxylation sites is 1. The smallest absolute Gasteiger partial charge is 0.261 e. The molecule has 3 rings (SSSR count). The number of benzene rings is 1. The quantitative estimate of drug-likeness (QED) is 0.886. The molecule has 1 N–H and O–H groups in total. The number of hydrogen-bond acceptors (Lipinski definition) is 2. The molecule has 1 aliphatic heterocycles. The van der Waals surface area contributed by atoms with Gasteiger partial charge < -0.3 is 10.1 Å². The van der Waals surface area contributed by atoms with Gasteiger partial charge in [0.1, 0.15) is 5.75 Å². The van der Waals surface area contributed by atoms with Crippen molar-refractivity contribution in [3.05, 3.63) is 29.8 Å². The Kier molecular flexibility index (Phi) is 3.45. The number of rotatable bonds is 2. The summed E-state index contributed by atoms with van der Waals surface area (Å²) in [4.78, 5) is 12.2. The van der Waals surface area contributed by atoms with E-state index in [0.717, 1.165) is 30.1 Å². The van der Waals surface area contributed by atoms with Crippen LogP contribution in [0.25, 0.3) is 0 Å². The van der Waals surface area contributed by atoms with E-state index in [1.54, 1.807) is 0 Å². The molecular weight excluding hydrogens is 238 g/mol. The zero-order chi connectivity index (χ0) is 13.2. The standard InChI is InChI=1S/C16H21NO2/c1-11-6-8-13(9-7-11)17-16(18)15-10-12-4-2-3-5-14(12)19-15/h2-5,11,13,15H,6-10H2,1H3,(H,17,18). The minimum atomic E-state index is -0.336. The van der Waals surface area contributed by atoms with Crippen molar-refractivity contribution in [2.24, 2.45) is 5.92 Å². The molecule has 2 aliphatic rings. The van der Waals surface area contributed by atoms with Crippen LogP contribution in [0.15, 0.2) is 24.3 Å². The van der Waals surface area contributed by atoms with Crippen LogP contribution in [0.4, 0.5) is 0 Å². The van der Waals surface area contributed by atoms with E-state index in [1.807, 2.05) is 24.3 Å². The molecule has 1 fully saturated rings. The normalized spacial score (nSPS) is 29.4. The highest BCUT2D eigenvalue weighted by molar-refractivity contribution is 5.82. The first-order valence-corrected chi connectivity index (χ1v) is 7.27. The molecule has 3 heteroatoms. The predicted octanol–water partition coefficient (Wildman–Crippen LogP) is 2.69. The van der Waals surface area contributed by atoms with E-state index in [2.05, 4.69) is 12.2 Å². The monoisotopic (exact) mass is 259 g/mol. The van der Waals surface area contributed by atoms with Crippen LogP contribution in [-0.4, -0.2) is 18.1 Å². The van der Waals surface area contributed by atoms with E-state index in [4.69, 9.17) is 4.74 Å². The van der Waals surface area contributed by atoms with Gasteiger partial charge in [-0.05, 0) is 43.2 Å². The molecule has 1 atom stereocenters. The summed E-state index contributed by atoms with van der Waals surface area (Å²) < 4.78 is 5.72. The maximum Gasteiger partial charge on any atom is 0.261 e. The van der Waals surface area contributed by atoms with Gasteiger partial charge in [0.15, 0.2) is 6.10 Å². The third-order valence-corrected chi connectivity index (χ3v) is 4.30. The second kappa shape index (κ2) is 5.24. The Bertz CT molecular complexity index is 439. The first-order chi connectivity index (χ1) is 9.22. The Morgan fingerprint density at radius 1 is 1.21 bits per heavy atom. The molecule has 1 amide bonds. The van der Waals surface area contributed by atoms with Crippen LogP contribution in [0.2, 0.25) is 0 Å². The van der Waals surface area contributed by atoms with Crippen molar-refractivity contribution in [1.29, 1.82) is 0 Å².